The van der Waals surface area contributed by atoms with Gasteiger partial charge in [0.05, 0.1) is 24.3 Å². The molecule has 0 aliphatic carbocycles. The van der Waals surface area contributed by atoms with Crippen molar-refractivity contribution in [2.24, 2.45) is 0 Å². The topological polar surface area (TPSA) is 94.8 Å². The summed E-state index contributed by atoms with van der Waals surface area (Å²) in [4.78, 5) is 12.8. The van der Waals surface area contributed by atoms with Crippen molar-refractivity contribution in [3.63, 3.8) is 0 Å². The van der Waals surface area contributed by atoms with Gasteiger partial charge in [0.25, 0.3) is 10.0 Å². The van der Waals surface area contributed by atoms with Crippen molar-refractivity contribution in [3.05, 3.63) is 65.9 Å². The van der Waals surface area contributed by atoms with E-state index in [4.69, 9.17) is 13.9 Å². The smallest absolute Gasteiger partial charge is 0.342 e. The lowest BCUT2D eigenvalue weighted by Gasteiger charge is -2.12. The van der Waals surface area contributed by atoms with E-state index in [1.54, 1.807) is 31.2 Å². The molecule has 1 N–H and O–H groups in total. The van der Waals surface area contributed by atoms with Gasteiger partial charge < -0.3 is 13.9 Å². The first-order chi connectivity index (χ1) is 15.4. The number of sulfonamides is 1. The second-order valence-corrected chi connectivity index (χ2v) is 8.98. The van der Waals surface area contributed by atoms with Crippen molar-refractivity contribution in [2.75, 3.05) is 18.4 Å². The first-order valence-electron chi connectivity index (χ1n) is 10.1. The SMILES string of the molecule is CCCOC(=O)c1c(C)oc2c1cc(NS(=O)(=O)c1ccc(OC)cc1)c1ccccc12. The summed E-state index contributed by atoms with van der Waals surface area (Å²) >= 11 is 0. The molecule has 4 aromatic rings. The molecule has 1 heterocycles. The molecular formula is C24H23NO6S. The summed E-state index contributed by atoms with van der Waals surface area (Å²) in [6.45, 7) is 3.89. The molecule has 4 rings (SSSR count). The summed E-state index contributed by atoms with van der Waals surface area (Å²) in [5, 5.41) is 1.84. The Bertz CT molecular complexity index is 1400. The second-order valence-electron chi connectivity index (χ2n) is 7.30. The van der Waals surface area contributed by atoms with Crippen LogP contribution in [0.3, 0.4) is 0 Å². The lowest BCUT2D eigenvalue weighted by atomic mass is 10.0. The average molecular weight is 454 g/mol. The largest absolute Gasteiger partial charge is 0.497 e. The number of methoxy groups -OCH3 is 1. The fourth-order valence-electron chi connectivity index (χ4n) is 3.60. The molecule has 0 saturated heterocycles. The number of furan rings is 1. The summed E-state index contributed by atoms with van der Waals surface area (Å²) < 4.78 is 45.2. The van der Waals surface area contributed by atoms with Gasteiger partial charge in [0, 0.05) is 16.2 Å². The van der Waals surface area contributed by atoms with E-state index in [0.717, 1.165) is 0 Å². The van der Waals surface area contributed by atoms with Crippen molar-refractivity contribution in [3.8, 4) is 5.75 Å². The van der Waals surface area contributed by atoms with Crippen LogP contribution in [0.1, 0.15) is 29.5 Å². The van der Waals surface area contributed by atoms with Crippen LogP contribution in [0.4, 0.5) is 5.69 Å². The molecule has 3 aromatic carbocycles. The summed E-state index contributed by atoms with van der Waals surface area (Å²) in [7, 11) is -2.38. The third-order valence-electron chi connectivity index (χ3n) is 5.13. The molecule has 0 bridgehead atoms. The summed E-state index contributed by atoms with van der Waals surface area (Å²) in [5.74, 6) is 0.476. The number of ether oxygens (including phenoxy) is 2. The van der Waals surface area contributed by atoms with Crippen LogP contribution in [0, 0.1) is 6.92 Å². The van der Waals surface area contributed by atoms with Gasteiger partial charge in [-0.25, -0.2) is 13.2 Å². The van der Waals surface area contributed by atoms with Crippen molar-refractivity contribution in [2.45, 2.75) is 25.2 Å². The minimum absolute atomic E-state index is 0.0911. The predicted molar refractivity (Wildman–Crippen MR) is 123 cm³/mol. The van der Waals surface area contributed by atoms with Gasteiger partial charge in [-0.15, -0.1) is 0 Å². The Balaban J connectivity index is 1.87. The molecule has 166 valence electrons. The maximum absolute atomic E-state index is 13.1. The Labute approximate surface area is 186 Å². The van der Waals surface area contributed by atoms with Gasteiger partial charge in [-0.2, -0.15) is 0 Å². The van der Waals surface area contributed by atoms with Crippen LogP contribution in [0.2, 0.25) is 0 Å². The van der Waals surface area contributed by atoms with Gasteiger partial charge in [-0.1, -0.05) is 31.2 Å². The minimum Gasteiger partial charge on any atom is -0.497 e. The highest BCUT2D eigenvalue weighted by Crippen LogP contribution is 2.37. The number of carbonyl (C=O) groups is 1. The van der Waals surface area contributed by atoms with Crippen LogP contribution in [0.25, 0.3) is 21.7 Å². The molecule has 0 amide bonds. The number of hydrogen-bond acceptors (Lipinski definition) is 6. The third kappa shape index (κ3) is 3.89. The highest BCUT2D eigenvalue weighted by atomic mass is 32.2. The van der Waals surface area contributed by atoms with Crippen LogP contribution < -0.4 is 9.46 Å². The Kier molecular flexibility index (Phi) is 5.80. The molecule has 1 aromatic heterocycles. The van der Waals surface area contributed by atoms with E-state index in [1.807, 2.05) is 25.1 Å². The van der Waals surface area contributed by atoms with E-state index in [0.29, 0.717) is 50.9 Å². The molecule has 0 radical (unpaired) electrons. The molecule has 0 aliphatic rings. The normalized spacial score (nSPS) is 11.6. The number of hydrogen-bond donors (Lipinski definition) is 1. The van der Waals surface area contributed by atoms with Crippen LogP contribution in [-0.4, -0.2) is 28.1 Å². The molecule has 32 heavy (non-hydrogen) atoms. The van der Waals surface area contributed by atoms with Crippen LogP contribution >= 0.6 is 0 Å². The van der Waals surface area contributed by atoms with Gasteiger partial charge in [-0.05, 0) is 43.7 Å². The first kappa shape index (κ1) is 21.7. The molecule has 0 atom stereocenters. The van der Waals surface area contributed by atoms with Crippen molar-refractivity contribution in [1.82, 2.24) is 0 Å². The van der Waals surface area contributed by atoms with Gasteiger partial charge >= 0.3 is 5.97 Å². The molecule has 8 heteroatoms. The Morgan fingerprint density at radius 3 is 2.38 bits per heavy atom. The van der Waals surface area contributed by atoms with Crippen molar-refractivity contribution < 1.29 is 27.1 Å². The van der Waals surface area contributed by atoms with Gasteiger partial charge in [0.2, 0.25) is 0 Å². The molecule has 0 saturated carbocycles. The highest BCUT2D eigenvalue weighted by Gasteiger charge is 2.24. The van der Waals surface area contributed by atoms with E-state index in [2.05, 4.69) is 4.72 Å². The molecule has 0 fully saturated rings. The molecule has 0 unspecified atom stereocenters. The van der Waals surface area contributed by atoms with Crippen LogP contribution in [0.5, 0.6) is 5.75 Å². The molecule has 0 spiro atoms. The summed E-state index contributed by atoms with van der Waals surface area (Å²) in [6.07, 6.45) is 0.691. The fraction of sp³-hybridized carbons (Fsp3) is 0.208. The second kappa shape index (κ2) is 8.55. The van der Waals surface area contributed by atoms with Crippen LogP contribution in [-0.2, 0) is 14.8 Å². The lowest BCUT2D eigenvalue weighted by Crippen LogP contribution is -2.13. The van der Waals surface area contributed by atoms with Gasteiger partial charge in [0.1, 0.15) is 22.7 Å². The first-order valence-corrected chi connectivity index (χ1v) is 11.6. The number of rotatable bonds is 7. The number of aryl methyl sites for hydroxylation is 1. The molecule has 0 aliphatic heterocycles. The Morgan fingerprint density at radius 2 is 1.72 bits per heavy atom. The number of esters is 1. The number of anilines is 1. The summed E-state index contributed by atoms with van der Waals surface area (Å²) in [5.41, 5.74) is 1.15. The zero-order chi connectivity index (χ0) is 22.9. The Morgan fingerprint density at radius 1 is 1.03 bits per heavy atom. The van der Waals surface area contributed by atoms with E-state index in [1.165, 1.54) is 19.2 Å². The average Bonchev–Trinajstić information content (AvgIpc) is 3.13. The predicted octanol–water partition coefficient (Wildman–Crippen LogP) is 5.27. The molecule has 7 nitrogen and oxygen atoms in total. The maximum atomic E-state index is 13.1. The maximum Gasteiger partial charge on any atom is 0.342 e. The monoisotopic (exact) mass is 453 g/mol. The molecular weight excluding hydrogens is 430 g/mol. The quantitative estimate of drug-likeness (QED) is 0.383. The minimum atomic E-state index is -3.89. The van der Waals surface area contributed by atoms with E-state index < -0.39 is 16.0 Å². The van der Waals surface area contributed by atoms with E-state index >= 15 is 0 Å². The third-order valence-corrected chi connectivity index (χ3v) is 6.51. The van der Waals surface area contributed by atoms with Crippen molar-refractivity contribution >= 4 is 43.4 Å². The standard InChI is InChI=1S/C24H23NO6S/c1-4-13-30-24(26)22-15(2)31-23-19-8-6-5-7-18(19)21(14-20(22)23)25-32(27,28)17-11-9-16(29-3)10-12-17/h5-12,14,25H,4,13H2,1-3H3. The zero-order valence-electron chi connectivity index (χ0n) is 18.0. The van der Waals surface area contributed by atoms with Crippen molar-refractivity contribution in [1.29, 1.82) is 0 Å². The van der Waals surface area contributed by atoms with E-state index in [9.17, 15) is 13.2 Å². The number of fused-ring (bicyclic) bond motifs is 3. The van der Waals surface area contributed by atoms with Gasteiger partial charge in [0.15, 0.2) is 0 Å². The van der Waals surface area contributed by atoms with E-state index in [-0.39, 0.29) is 11.5 Å². The zero-order valence-corrected chi connectivity index (χ0v) is 18.8. The van der Waals surface area contributed by atoms with Crippen LogP contribution in [0.15, 0.2) is 63.9 Å². The fourth-order valence-corrected chi connectivity index (χ4v) is 4.67. The highest BCUT2D eigenvalue weighted by molar-refractivity contribution is 7.92. The lowest BCUT2D eigenvalue weighted by molar-refractivity contribution is 0.0505. The van der Waals surface area contributed by atoms with Gasteiger partial charge in [-0.3, -0.25) is 4.72 Å². The summed E-state index contributed by atoms with van der Waals surface area (Å²) in [6, 6.07) is 15.0. The number of carbonyl (C=O) groups excluding carboxylic acids is 1. The number of benzene rings is 3. The number of nitrogens with one attached hydrogen (secondary N) is 1. The Hall–Kier alpha value is -3.52.